The Bertz CT molecular complexity index is 659. The van der Waals surface area contributed by atoms with Crippen molar-refractivity contribution in [2.24, 2.45) is 0 Å². The lowest BCUT2D eigenvalue weighted by Crippen LogP contribution is -2.45. The van der Waals surface area contributed by atoms with E-state index in [4.69, 9.17) is 4.74 Å². The fourth-order valence-electron chi connectivity index (χ4n) is 4.25. The smallest absolute Gasteiger partial charge is 0.216 e. The minimum Gasteiger partial charge on any atom is -0.377 e. The maximum absolute atomic E-state index is 13.0. The molecule has 0 amide bonds. The maximum Gasteiger partial charge on any atom is 0.216 e. The summed E-state index contributed by atoms with van der Waals surface area (Å²) in [6.45, 7) is 7.12. The van der Waals surface area contributed by atoms with E-state index in [1.807, 2.05) is 13.0 Å². The highest BCUT2D eigenvalue weighted by atomic mass is 32.2. The van der Waals surface area contributed by atoms with Crippen LogP contribution in [0.1, 0.15) is 51.1 Å². The summed E-state index contributed by atoms with van der Waals surface area (Å²) in [6.07, 6.45) is 3.73. The second-order valence-corrected chi connectivity index (χ2v) is 9.46. The molecule has 0 aliphatic carbocycles. The summed E-state index contributed by atoms with van der Waals surface area (Å²) in [6, 6.07) is 10.8. The van der Waals surface area contributed by atoms with Crippen LogP contribution >= 0.6 is 0 Å². The van der Waals surface area contributed by atoms with Crippen LogP contribution in [0.2, 0.25) is 0 Å². The molecule has 0 N–H and O–H groups in total. The van der Waals surface area contributed by atoms with E-state index in [1.165, 1.54) is 5.56 Å². The van der Waals surface area contributed by atoms with Crippen LogP contribution in [0.25, 0.3) is 0 Å². The number of hydrogen-bond donors (Lipinski definition) is 0. The predicted octanol–water partition coefficient (Wildman–Crippen LogP) is 3.04. The average molecular weight is 381 g/mol. The average Bonchev–Trinajstić information content (AvgIpc) is 3.12. The summed E-state index contributed by atoms with van der Waals surface area (Å²) in [5, 5.41) is 0. The number of rotatable bonds is 7. The molecule has 1 aromatic rings. The van der Waals surface area contributed by atoms with Gasteiger partial charge in [-0.3, -0.25) is 4.90 Å². The molecular weight excluding hydrogens is 348 g/mol. The molecule has 6 heteroatoms. The zero-order valence-electron chi connectivity index (χ0n) is 16.0. The van der Waals surface area contributed by atoms with Gasteiger partial charge in [0.25, 0.3) is 0 Å². The topological polar surface area (TPSA) is 49.9 Å². The van der Waals surface area contributed by atoms with Gasteiger partial charge in [0, 0.05) is 38.3 Å². The fraction of sp³-hybridized carbons (Fsp3) is 0.700. The standard InChI is InChI=1S/C20H32N2O3S/c1-3-22(26(23,24)16-20-11-7-8-14-25-20)19-12-13-21(15-19)17(2)18-9-5-4-6-10-18/h4-6,9-10,17,19-20H,3,7-8,11-16H2,1-2H3. The first kappa shape index (κ1) is 19.8. The molecule has 146 valence electrons. The Morgan fingerprint density at radius 1 is 1.23 bits per heavy atom. The minimum atomic E-state index is -3.29. The Balaban J connectivity index is 1.63. The molecule has 3 rings (SSSR count). The number of sulfonamides is 1. The van der Waals surface area contributed by atoms with E-state index >= 15 is 0 Å². The number of nitrogens with zero attached hydrogens (tertiary/aromatic N) is 2. The molecule has 0 spiro atoms. The third-order valence-corrected chi connectivity index (χ3v) is 7.84. The summed E-state index contributed by atoms with van der Waals surface area (Å²) in [7, 11) is -3.29. The van der Waals surface area contributed by atoms with Crippen molar-refractivity contribution in [3.63, 3.8) is 0 Å². The first-order chi connectivity index (χ1) is 12.5. The SMILES string of the molecule is CCN(C1CCN(C(C)c2ccccc2)C1)S(=O)(=O)CC1CCCCO1. The number of benzene rings is 1. The van der Waals surface area contributed by atoms with E-state index in [-0.39, 0.29) is 17.9 Å². The largest absolute Gasteiger partial charge is 0.377 e. The minimum absolute atomic E-state index is 0.0692. The number of ether oxygens (including phenoxy) is 1. The zero-order chi connectivity index (χ0) is 18.6. The molecule has 3 unspecified atom stereocenters. The summed E-state index contributed by atoms with van der Waals surface area (Å²) < 4.78 is 33.4. The number of hydrogen-bond acceptors (Lipinski definition) is 4. The Labute approximate surface area is 158 Å². The van der Waals surface area contributed by atoms with Crippen molar-refractivity contribution >= 4 is 10.0 Å². The van der Waals surface area contributed by atoms with Crippen molar-refractivity contribution in [3.05, 3.63) is 35.9 Å². The molecule has 1 aromatic carbocycles. The van der Waals surface area contributed by atoms with Crippen LogP contribution in [0.4, 0.5) is 0 Å². The van der Waals surface area contributed by atoms with Gasteiger partial charge in [-0.2, -0.15) is 4.31 Å². The molecular formula is C20H32N2O3S. The van der Waals surface area contributed by atoms with Crippen molar-refractivity contribution in [3.8, 4) is 0 Å². The van der Waals surface area contributed by atoms with E-state index < -0.39 is 10.0 Å². The third-order valence-electron chi connectivity index (χ3n) is 5.77. The van der Waals surface area contributed by atoms with Gasteiger partial charge in [-0.15, -0.1) is 0 Å². The van der Waals surface area contributed by atoms with E-state index in [0.717, 1.165) is 38.8 Å². The third kappa shape index (κ3) is 4.66. The second-order valence-electron chi connectivity index (χ2n) is 7.49. The van der Waals surface area contributed by atoms with Crippen LogP contribution in [0, 0.1) is 0 Å². The van der Waals surface area contributed by atoms with Gasteiger partial charge in [0.15, 0.2) is 0 Å². The lowest BCUT2D eigenvalue weighted by Gasteiger charge is -2.31. The highest BCUT2D eigenvalue weighted by molar-refractivity contribution is 7.89. The van der Waals surface area contributed by atoms with Gasteiger partial charge in [-0.1, -0.05) is 37.3 Å². The van der Waals surface area contributed by atoms with Gasteiger partial charge in [0.1, 0.15) is 0 Å². The lowest BCUT2D eigenvalue weighted by molar-refractivity contribution is 0.0297. The van der Waals surface area contributed by atoms with Gasteiger partial charge in [0.05, 0.1) is 11.9 Å². The molecule has 3 atom stereocenters. The van der Waals surface area contributed by atoms with E-state index in [2.05, 4.69) is 36.1 Å². The second kappa shape index (κ2) is 8.83. The van der Waals surface area contributed by atoms with Gasteiger partial charge in [-0.25, -0.2) is 8.42 Å². The molecule has 2 aliphatic rings. The molecule has 0 saturated carbocycles. The molecule has 0 aromatic heterocycles. The highest BCUT2D eigenvalue weighted by Crippen LogP contribution is 2.28. The lowest BCUT2D eigenvalue weighted by atomic mass is 10.1. The monoisotopic (exact) mass is 380 g/mol. The highest BCUT2D eigenvalue weighted by Gasteiger charge is 2.37. The van der Waals surface area contributed by atoms with Crippen LogP contribution < -0.4 is 0 Å². The van der Waals surface area contributed by atoms with Crippen LogP contribution in [0.5, 0.6) is 0 Å². The first-order valence-corrected chi connectivity index (χ1v) is 11.5. The Kier molecular flexibility index (Phi) is 6.72. The maximum atomic E-state index is 13.0. The van der Waals surface area contributed by atoms with Crippen LogP contribution in [0.3, 0.4) is 0 Å². The quantitative estimate of drug-likeness (QED) is 0.730. The first-order valence-electron chi connectivity index (χ1n) is 9.91. The molecule has 2 heterocycles. The molecule has 2 fully saturated rings. The molecule has 0 bridgehead atoms. The van der Waals surface area contributed by atoms with E-state index in [1.54, 1.807) is 4.31 Å². The Hall–Kier alpha value is -0.950. The molecule has 5 nitrogen and oxygen atoms in total. The zero-order valence-corrected chi connectivity index (χ0v) is 16.8. The number of likely N-dealkylation sites (tertiary alicyclic amines) is 1. The van der Waals surface area contributed by atoms with Gasteiger partial charge < -0.3 is 4.74 Å². The van der Waals surface area contributed by atoms with Crippen molar-refractivity contribution in [1.82, 2.24) is 9.21 Å². The van der Waals surface area contributed by atoms with Gasteiger partial charge in [-0.05, 0) is 38.2 Å². The van der Waals surface area contributed by atoms with Crippen molar-refractivity contribution in [2.75, 3.05) is 32.0 Å². The molecule has 0 radical (unpaired) electrons. The van der Waals surface area contributed by atoms with Crippen molar-refractivity contribution < 1.29 is 13.2 Å². The van der Waals surface area contributed by atoms with E-state index in [9.17, 15) is 8.42 Å². The summed E-state index contributed by atoms with van der Waals surface area (Å²) in [5.74, 6) is 0.131. The summed E-state index contributed by atoms with van der Waals surface area (Å²) in [4.78, 5) is 2.40. The van der Waals surface area contributed by atoms with Crippen LogP contribution in [-0.2, 0) is 14.8 Å². The van der Waals surface area contributed by atoms with Crippen molar-refractivity contribution in [1.29, 1.82) is 0 Å². The normalized spacial score (nSPS) is 26.3. The summed E-state index contributed by atoms with van der Waals surface area (Å²) in [5.41, 5.74) is 1.29. The van der Waals surface area contributed by atoms with Gasteiger partial charge in [0.2, 0.25) is 10.0 Å². The van der Waals surface area contributed by atoms with Crippen LogP contribution in [-0.4, -0.2) is 61.8 Å². The molecule has 2 saturated heterocycles. The Morgan fingerprint density at radius 3 is 2.65 bits per heavy atom. The van der Waals surface area contributed by atoms with Gasteiger partial charge >= 0.3 is 0 Å². The molecule has 26 heavy (non-hydrogen) atoms. The predicted molar refractivity (Wildman–Crippen MR) is 105 cm³/mol. The van der Waals surface area contributed by atoms with Crippen LogP contribution in [0.15, 0.2) is 30.3 Å². The molecule has 2 aliphatic heterocycles. The van der Waals surface area contributed by atoms with E-state index in [0.29, 0.717) is 19.2 Å². The Morgan fingerprint density at radius 2 is 2.00 bits per heavy atom. The number of likely N-dealkylation sites (N-methyl/N-ethyl adjacent to an activating group) is 1. The fourth-order valence-corrected chi connectivity index (χ4v) is 6.19. The summed E-state index contributed by atoms with van der Waals surface area (Å²) >= 11 is 0. The van der Waals surface area contributed by atoms with Crippen molar-refractivity contribution in [2.45, 2.75) is 57.7 Å².